The highest BCUT2D eigenvalue weighted by molar-refractivity contribution is 5.04. The number of rotatable bonds is 1. The van der Waals surface area contributed by atoms with E-state index in [2.05, 4.69) is 16.6 Å². The van der Waals surface area contributed by atoms with Crippen LogP contribution in [-0.4, -0.2) is 19.8 Å². The summed E-state index contributed by atoms with van der Waals surface area (Å²) >= 11 is 0. The van der Waals surface area contributed by atoms with Gasteiger partial charge in [-0.15, -0.1) is 0 Å². The first-order valence-electron chi connectivity index (χ1n) is 2.50. The quantitative estimate of drug-likeness (QED) is 0.485. The summed E-state index contributed by atoms with van der Waals surface area (Å²) in [5, 5.41) is 0. The molecule has 0 saturated heterocycles. The van der Waals surface area contributed by atoms with E-state index in [4.69, 9.17) is 5.73 Å². The molecule has 0 aliphatic heterocycles. The molecule has 2 N–H and O–H groups in total. The minimum absolute atomic E-state index is 0.0369. The topological polar surface area (TPSA) is 35.2 Å². The third kappa shape index (κ3) is 5.48. The lowest BCUT2D eigenvalue weighted by atomic mass is 10.4. The molecule has 8 heavy (non-hydrogen) atoms. The molecule has 0 aliphatic rings. The van der Waals surface area contributed by atoms with Crippen molar-refractivity contribution in [2.75, 3.05) is 13.7 Å². The number of hydrogen-bond donors (Lipinski definition) is 1. The van der Waals surface area contributed by atoms with Gasteiger partial charge in [-0.05, 0) is 6.92 Å². The van der Waals surface area contributed by atoms with Crippen molar-refractivity contribution >= 4 is 0 Å². The molecular formula is C6H11NO. The molecule has 0 rings (SSSR count). The zero-order valence-corrected chi connectivity index (χ0v) is 5.27. The lowest BCUT2D eigenvalue weighted by molar-refractivity contribution is 0.239. The largest absolute Gasteiger partial charge is 0.372 e. The molecule has 1 atom stereocenters. The molecule has 0 fully saturated rings. The van der Waals surface area contributed by atoms with Crippen molar-refractivity contribution in [3.8, 4) is 11.8 Å². The van der Waals surface area contributed by atoms with Gasteiger partial charge in [-0.1, -0.05) is 11.8 Å². The molecule has 0 aromatic carbocycles. The molecule has 1 unspecified atom stereocenters. The second-order valence-corrected chi connectivity index (χ2v) is 1.54. The van der Waals surface area contributed by atoms with E-state index in [-0.39, 0.29) is 6.04 Å². The van der Waals surface area contributed by atoms with Gasteiger partial charge in [0.2, 0.25) is 0 Å². The molecule has 0 amide bonds. The summed E-state index contributed by atoms with van der Waals surface area (Å²) in [4.78, 5) is 0. The highest BCUT2D eigenvalue weighted by Gasteiger charge is 1.78. The van der Waals surface area contributed by atoms with Gasteiger partial charge >= 0.3 is 0 Å². The maximum absolute atomic E-state index is 5.30. The van der Waals surface area contributed by atoms with E-state index in [0.717, 1.165) is 0 Å². The minimum atomic E-state index is -0.0369. The average Bonchev–Trinajstić information content (AvgIpc) is 1.66. The third-order valence-corrected chi connectivity index (χ3v) is 0.546. The Labute approximate surface area is 50.0 Å². The van der Waals surface area contributed by atoms with Crippen LogP contribution >= 0.6 is 0 Å². The van der Waals surface area contributed by atoms with Gasteiger partial charge in [-0.2, -0.15) is 0 Å². The summed E-state index contributed by atoms with van der Waals surface area (Å²) in [6.45, 7) is 2.31. The Morgan fingerprint density at radius 1 is 1.75 bits per heavy atom. The van der Waals surface area contributed by atoms with Crippen LogP contribution in [-0.2, 0) is 4.74 Å². The van der Waals surface area contributed by atoms with Gasteiger partial charge in [-0.25, -0.2) is 0 Å². The monoisotopic (exact) mass is 113 g/mol. The highest BCUT2D eigenvalue weighted by Crippen LogP contribution is 1.67. The fraction of sp³-hybridized carbons (Fsp3) is 0.667. The van der Waals surface area contributed by atoms with Gasteiger partial charge in [0.1, 0.15) is 6.61 Å². The lowest BCUT2D eigenvalue weighted by Crippen LogP contribution is -2.11. The van der Waals surface area contributed by atoms with Gasteiger partial charge in [0.25, 0.3) is 0 Å². The lowest BCUT2D eigenvalue weighted by Gasteiger charge is -1.87. The van der Waals surface area contributed by atoms with E-state index in [1.54, 1.807) is 7.11 Å². The zero-order valence-electron chi connectivity index (χ0n) is 5.27. The predicted octanol–water partition coefficient (Wildman–Crippen LogP) is -0.0166. The summed E-state index contributed by atoms with van der Waals surface area (Å²) in [5.74, 6) is 5.49. The first-order chi connectivity index (χ1) is 3.77. The van der Waals surface area contributed by atoms with Crippen LogP contribution in [0.3, 0.4) is 0 Å². The summed E-state index contributed by atoms with van der Waals surface area (Å²) in [6, 6.07) is -0.0369. The summed E-state index contributed by atoms with van der Waals surface area (Å²) in [7, 11) is 1.61. The second kappa shape index (κ2) is 4.63. The number of hydrogen-bond acceptors (Lipinski definition) is 2. The summed E-state index contributed by atoms with van der Waals surface area (Å²) in [5.41, 5.74) is 5.30. The highest BCUT2D eigenvalue weighted by atomic mass is 16.5. The zero-order chi connectivity index (χ0) is 6.41. The Morgan fingerprint density at radius 2 is 2.38 bits per heavy atom. The van der Waals surface area contributed by atoms with Crippen molar-refractivity contribution in [1.82, 2.24) is 0 Å². The van der Waals surface area contributed by atoms with Gasteiger partial charge in [0.05, 0.1) is 6.04 Å². The van der Waals surface area contributed by atoms with Crippen LogP contribution in [0.1, 0.15) is 6.92 Å². The van der Waals surface area contributed by atoms with Gasteiger partial charge in [-0.3, -0.25) is 0 Å². The van der Waals surface area contributed by atoms with Crippen LogP contribution in [0.4, 0.5) is 0 Å². The van der Waals surface area contributed by atoms with Crippen LogP contribution < -0.4 is 5.73 Å². The first kappa shape index (κ1) is 7.48. The molecule has 0 radical (unpaired) electrons. The van der Waals surface area contributed by atoms with Crippen molar-refractivity contribution in [1.29, 1.82) is 0 Å². The first-order valence-corrected chi connectivity index (χ1v) is 2.50. The molecule has 2 heteroatoms. The van der Waals surface area contributed by atoms with Crippen LogP contribution in [0.2, 0.25) is 0 Å². The van der Waals surface area contributed by atoms with Gasteiger partial charge < -0.3 is 10.5 Å². The van der Waals surface area contributed by atoms with E-state index >= 15 is 0 Å². The SMILES string of the molecule is COCC#CC(C)N. The Hall–Kier alpha value is -0.520. The molecule has 0 aliphatic carbocycles. The third-order valence-electron chi connectivity index (χ3n) is 0.546. The number of nitrogens with two attached hydrogens (primary N) is 1. The van der Waals surface area contributed by atoms with Gasteiger partial charge in [0.15, 0.2) is 0 Å². The number of ether oxygens (including phenoxy) is 1. The molecule has 0 heterocycles. The molecule has 0 spiro atoms. The maximum Gasteiger partial charge on any atom is 0.107 e. The normalized spacial score (nSPS) is 11.9. The standard InChI is InChI=1S/C6H11NO/c1-6(7)4-3-5-8-2/h6H,5,7H2,1-2H3. The van der Waals surface area contributed by atoms with Crippen molar-refractivity contribution in [3.05, 3.63) is 0 Å². The second-order valence-electron chi connectivity index (χ2n) is 1.54. The fourth-order valence-electron chi connectivity index (χ4n) is 0.275. The predicted molar refractivity (Wildman–Crippen MR) is 33.3 cm³/mol. The average molecular weight is 113 g/mol. The van der Waals surface area contributed by atoms with Crippen molar-refractivity contribution in [2.24, 2.45) is 5.73 Å². The molecule has 0 aromatic rings. The Bertz CT molecular complexity index is 98.8. The van der Waals surface area contributed by atoms with Gasteiger partial charge in [0, 0.05) is 7.11 Å². The summed E-state index contributed by atoms with van der Waals surface area (Å²) < 4.78 is 4.66. The smallest absolute Gasteiger partial charge is 0.107 e. The van der Waals surface area contributed by atoms with Crippen LogP contribution in [0, 0.1) is 11.8 Å². The molecular weight excluding hydrogens is 102 g/mol. The molecule has 2 nitrogen and oxygen atoms in total. The molecule has 0 bridgehead atoms. The molecule has 0 aromatic heterocycles. The minimum Gasteiger partial charge on any atom is -0.372 e. The van der Waals surface area contributed by atoms with E-state index < -0.39 is 0 Å². The Kier molecular flexibility index (Phi) is 4.33. The van der Waals surface area contributed by atoms with Crippen LogP contribution in [0.25, 0.3) is 0 Å². The van der Waals surface area contributed by atoms with Crippen LogP contribution in [0.15, 0.2) is 0 Å². The summed E-state index contributed by atoms with van der Waals surface area (Å²) in [6.07, 6.45) is 0. The van der Waals surface area contributed by atoms with E-state index in [1.165, 1.54) is 0 Å². The fourth-order valence-corrected chi connectivity index (χ4v) is 0.275. The number of methoxy groups -OCH3 is 1. The van der Waals surface area contributed by atoms with E-state index in [9.17, 15) is 0 Å². The Balaban J connectivity index is 3.20. The maximum atomic E-state index is 5.30. The molecule has 0 saturated carbocycles. The van der Waals surface area contributed by atoms with Crippen molar-refractivity contribution in [3.63, 3.8) is 0 Å². The Morgan fingerprint density at radius 3 is 2.75 bits per heavy atom. The molecule has 46 valence electrons. The van der Waals surface area contributed by atoms with E-state index in [0.29, 0.717) is 6.61 Å². The van der Waals surface area contributed by atoms with Crippen LogP contribution in [0.5, 0.6) is 0 Å². The van der Waals surface area contributed by atoms with Crippen molar-refractivity contribution in [2.45, 2.75) is 13.0 Å². The van der Waals surface area contributed by atoms with Crippen molar-refractivity contribution < 1.29 is 4.74 Å². The van der Waals surface area contributed by atoms with E-state index in [1.807, 2.05) is 6.92 Å².